The first-order valence-corrected chi connectivity index (χ1v) is 4.90. The number of thiophene rings is 1. The Morgan fingerprint density at radius 3 is 3.08 bits per heavy atom. The molecule has 13 heavy (non-hydrogen) atoms. The molecule has 0 atom stereocenters. The predicted octanol–water partition coefficient (Wildman–Crippen LogP) is 3.09. The van der Waals surface area contributed by atoms with E-state index in [4.69, 9.17) is 0 Å². The number of aromatic hydroxyl groups is 1. The molecule has 2 heterocycles. The topological polar surface area (TPSA) is 36.0 Å². The number of H-pyrrole nitrogens is 1. The maximum absolute atomic E-state index is 9.62. The first-order valence-electron chi connectivity index (χ1n) is 4.02. The molecule has 0 bridgehead atoms. The largest absolute Gasteiger partial charge is 0.506 e. The summed E-state index contributed by atoms with van der Waals surface area (Å²) in [5.41, 5.74) is 1.07. The SMILES string of the molecule is Oc1csc2ccc3[nH]ccc3c12. The molecule has 0 fully saturated rings. The van der Waals surface area contributed by atoms with Crippen molar-refractivity contribution in [2.24, 2.45) is 0 Å². The monoisotopic (exact) mass is 189 g/mol. The van der Waals surface area contributed by atoms with Gasteiger partial charge in [0.15, 0.2) is 0 Å². The molecule has 3 heteroatoms. The number of nitrogens with one attached hydrogen (secondary N) is 1. The summed E-state index contributed by atoms with van der Waals surface area (Å²) in [5.74, 6) is 0.380. The van der Waals surface area contributed by atoms with Gasteiger partial charge in [0.05, 0.1) is 0 Å². The molecule has 3 aromatic rings. The third kappa shape index (κ3) is 0.820. The fourth-order valence-corrected chi connectivity index (χ4v) is 2.49. The van der Waals surface area contributed by atoms with Crippen molar-refractivity contribution in [1.82, 2.24) is 4.98 Å². The lowest BCUT2D eigenvalue weighted by Crippen LogP contribution is -1.68. The minimum absolute atomic E-state index is 0.380. The van der Waals surface area contributed by atoms with Crippen molar-refractivity contribution in [2.75, 3.05) is 0 Å². The molecule has 0 saturated heterocycles. The van der Waals surface area contributed by atoms with Gasteiger partial charge in [0.2, 0.25) is 0 Å². The molecule has 0 aliphatic rings. The second kappa shape index (κ2) is 2.26. The highest BCUT2D eigenvalue weighted by Gasteiger charge is 2.06. The molecule has 0 saturated carbocycles. The zero-order valence-corrected chi connectivity index (χ0v) is 7.56. The van der Waals surface area contributed by atoms with Crippen LogP contribution in [0, 0.1) is 0 Å². The molecule has 0 radical (unpaired) electrons. The van der Waals surface area contributed by atoms with Gasteiger partial charge in [0, 0.05) is 32.6 Å². The van der Waals surface area contributed by atoms with E-state index < -0.39 is 0 Å². The molecule has 1 aromatic carbocycles. The van der Waals surface area contributed by atoms with Crippen LogP contribution in [-0.2, 0) is 0 Å². The molecule has 0 aliphatic heterocycles. The van der Waals surface area contributed by atoms with E-state index in [2.05, 4.69) is 4.98 Å². The summed E-state index contributed by atoms with van der Waals surface area (Å²) in [6.07, 6.45) is 1.89. The standard InChI is InChI=1S/C10H7NOS/c12-8-5-13-9-2-1-7-6(10(8)9)3-4-11-7/h1-5,11-12H. The van der Waals surface area contributed by atoms with Gasteiger partial charge in [-0.3, -0.25) is 0 Å². The van der Waals surface area contributed by atoms with Crippen molar-refractivity contribution in [3.63, 3.8) is 0 Å². The van der Waals surface area contributed by atoms with E-state index in [1.54, 1.807) is 16.7 Å². The number of aromatic nitrogens is 1. The highest BCUT2D eigenvalue weighted by Crippen LogP contribution is 2.36. The Morgan fingerprint density at radius 2 is 2.15 bits per heavy atom. The Morgan fingerprint density at radius 1 is 1.23 bits per heavy atom. The van der Waals surface area contributed by atoms with Crippen molar-refractivity contribution in [3.8, 4) is 5.75 Å². The quantitative estimate of drug-likeness (QED) is 0.560. The third-order valence-corrected chi connectivity index (χ3v) is 3.19. The predicted molar refractivity (Wildman–Crippen MR) is 55.3 cm³/mol. The Labute approximate surface area is 78.4 Å². The number of rotatable bonds is 0. The lowest BCUT2D eigenvalue weighted by Gasteiger charge is -1.93. The second-order valence-corrected chi connectivity index (χ2v) is 3.91. The molecular weight excluding hydrogens is 182 g/mol. The summed E-state index contributed by atoms with van der Waals surface area (Å²) in [6.45, 7) is 0. The van der Waals surface area contributed by atoms with Crippen molar-refractivity contribution in [3.05, 3.63) is 29.8 Å². The van der Waals surface area contributed by atoms with Crippen LogP contribution < -0.4 is 0 Å². The van der Waals surface area contributed by atoms with E-state index in [0.29, 0.717) is 5.75 Å². The average Bonchev–Trinajstić information content (AvgIpc) is 2.70. The maximum atomic E-state index is 9.62. The van der Waals surface area contributed by atoms with Crippen LogP contribution in [-0.4, -0.2) is 10.1 Å². The highest BCUT2D eigenvalue weighted by molar-refractivity contribution is 7.17. The lowest BCUT2D eigenvalue weighted by atomic mass is 10.2. The van der Waals surface area contributed by atoms with Crippen molar-refractivity contribution >= 4 is 32.3 Å². The van der Waals surface area contributed by atoms with Gasteiger partial charge in [-0.25, -0.2) is 0 Å². The van der Waals surface area contributed by atoms with Crippen molar-refractivity contribution in [1.29, 1.82) is 0 Å². The molecular formula is C10H7NOS. The summed E-state index contributed by atoms with van der Waals surface area (Å²) in [5, 5.41) is 13.5. The van der Waals surface area contributed by atoms with E-state index in [9.17, 15) is 5.11 Å². The van der Waals surface area contributed by atoms with E-state index in [-0.39, 0.29) is 0 Å². The zero-order chi connectivity index (χ0) is 8.84. The van der Waals surface area contributed by atoms with E-state index in [0.717, 1.165) is 21.0 Å². The Balaban J connectivity index is 2.70. The lowest BCUT2D eigenvalue weighted by molar-refractivity contribution is 0.484. The molecule has 3 rings (SSSR count). The normalized spacial score (nSPS) is 11.4. The third-order valence-electron chi connectivity index (χ3n) is 2.25. The van der Waals surface area contributed by atoms with Crippen LogP contribution in [0.5, 0.6) is 5.75 Å². The van der Waals surface area contributed by atoms with E-state index >= 15 is 0 Å². The van der Waals surface area contributed by atoms with Crippen LogP contribution in [0.1, 0.15) is 0 Å². The van der Waals surface area contributed by atoms with Crippen LogP contribution in [0.25, 0.3) is 21.0 Å². The van der Waals surface area contributed by atoms with Gasteiger partial charge in [0.25, 0.3) is 0 Å². The van der Waals surface area contributed by atoms with Gasteiger partial charge in [0.1, 0.15) is 5.75 Å². The molecule has 0 spiro atoms. The van der Waals surface area contributed by atoms with Crippen LogP contribution in [0.2, 0.25) is 0 Å². The van der Waals surface area contributed by atoms with Gasteiger partial charge >= 0.3 is 0 Å². The Hall–Kier alpha value is -1.48. The number of fused-ring (bicyclic) bond motifs is 3. The first-order chi connectivity index (χ1) is 6.36. The van der Waals surface area contributed by atoms with Crippen molar-refractivity contribution < 1.29 is 5.11 Å². The van der Waals surface area contributed by atoms with Crippen LogP contribution in [0.3, 0.4) is 0 Å². The molecule has 64 valence electrons. The maximum Gasteiger partial charge on any atom is 0.134 e. The minimum atomic E-state index is 0.380. The molecule has 2 aromatic heterocycles. The van der Waals surface area contributed by atoms with E-state index in [1.807, 2.05) is 24.4 Å². The van der Waals surface area contributed by atoms with Crippen LogP contribution in [0.4, 0.5) is 0 Å². The van der Waals surface area contributed by atoms with Gasteiger partial charge in [-0.1, -0.05) is 0 Å². The zero-order valence-electron chi connectivity index (χ0n) is 6.74. The Bertz CT molecular complexity index is 579. The van der Waals surface area contributed by atoms with Gasteiger partial charge < -0.3 is 10.1 Å². The Kier molecular flexibility index (Phi) is 1.21. The van der Waals surface area contributed by atoms with Gasteiger partial charge in [-0.2, -0.15) is 0 Å². The van der Waals surface area contributed by atoms with Crippen LogP contribution >= 0.6 is 11.3 Å². The summed E-state index contributed by atoms with van der Waals surface area (Å²) < 4.78 is 1.13. The van der Waals surface area contributed by atoms with Crippen molar-refractivity contribution in [2.45, 2.75) is 0 Å². The summed E-state index contributed by atoms with van der Waals surface area (Å²) in [6, 6.07) is 6.05. The minimum Gasteiger partial charge on any atom is -0.506 e. The van der Waals surface area contributed by atoms with Gasteiger partial charge in [-0.15, -0.1) is 11.3 Å². The molecule has 0 unspecified atom stereocenters. The summed E-state index contributed by atoms with van der Waals surface area (Å²) in [7, 11) is 0. The smallest absolute Gasteiger partial charge is 0.134 e. The molecule has 0 amide bonds. The molecule has 2 nitrogen and oxygen atoms in total. The summed E-state index contributed by atoms with van der Waals surface area (Å²) >= 11 is 1.57. The summed E-state index contributed by atoms with van der Waals surface area (Å²) in [4.78, 5) is 3.12. The number of hydrogen-bond acceptors (Lipinski definition) is 2. The molecule has 2 N–H and O–H groups in total. The van der Waals surface area contributed by atoms with Crippen LogP contribution in [0.15, 0.2) is 29.8 Å². The molecule has 0 aliphatic carbocycles. The van der Waals surface area contributed by atoms with Gasteiger partial charge in [-0.05, 0) is 18.2 Å². The fourth-order valence-electron chi connectivity index (χ4n) is 1.65. The fraction of sp³-hybridized carbons (Fsp3) is 0. The number of benzene rings is 1. The average molecular weight is 189 g/mol. The first kappa shape index (κ1) is 6.97. The second-order valence-electron chi connectivity index (χ2n) is 3.00. The number of aromatic amines is 1. The highest BCUT2D eigenvalue weighted by atomic mass is 32.1. The number of hydrogen-bond donors (Lipinski definition) is 2. The van der Waals surface area contributed by atoms with E-state index in [1.165, 1.54) is 0 Å².